The first kappa shape index (κ1) is 17.9. The maximum absolute atomic E-state index is 4.00. The molecule has 2 nitrogen and oxygen atoms in total. The summed E-state index contributed by atoms with van der Waals surface area (Å²) in [5.74, 6) is 0. The molecule has 1 aliphatic rings. The first-order chi connectivity index (χ1) is 11.1. The van der Waals surface area contributed by atoms with Crippen molar-refractivity contribution in [2.45, 2.75) is 26.7 Å². The highest BCUT2D eigenvalue weighted by Gasteiger charge is 2.15. The lowest BCUT2D eigenvalue weighted by atomic mass is 10.0. The van der Waals surface area contributed by atoms with Crippen LogP contribution >= 0.6 is 11.8 Å². The van der Waals surface area contributed by atoms with Crippen LogP contribution in [0.2, 0.25) is 0 Å². The van der Waals surface area contributed by atoms with E-state index in [-0.39, 0.29) is 0 Å². The van der Waals surface area contributed by atoms with Crippen LogP contribution in [0.5, 0.6) is 0 Å². The number of hydrogen-bond acceptors (Lipinski definition) is 3. The van der Waals surface area contributed by atoms with E-state index in [2.05, 4.69) is 67.1 Å². The summed E-state index contributed by atoms with van der Waals surface area (Å²) in [6, 6.07) is 8.75. The summed E-state index contributed by atoms with van der Waals surface area (Å²) in [6.45, 7) is 11.6. The van der Waals surface area contributed by atoms with Crippen molar-refractivity contribution in [3.63, 3.8) is 0 Å². The van der Waals surface area contributed by atoms with E-state index < -0.39 is 0 Å². The van der Waals surface area contributed by atoms with Crippen LogP contribution in [-0.4, -0.2) is 31.6 Å². The Morgan fingerprint density at radius 2 is 2.09 bits per heavy atom. The molecule has 1 aliphatic heterocycles. The highest BCUT2D eigenvalue weighted by Crippen LogP contribution is 2.25. The van der Waals surface area contributed by atoms with E-state index in [1.54, 1.807) is 17.3 Å². The van der Waals surface area contributed by atoms with E-state index in [1.165, 1.54) is 28.9 Å². The Labute approximate surface area is 145 Å². The maximum atomic E-state index is 4.00. The van der Waals surface area contributed by atoms with Gasteiger partial charge in [-0.1, -0.05) is 65.9 Å². The first-order valence-corrected chi connectivity index (χ1v) is 9.10. The van der Waals surface area contributed by atoms with Crippen LogP contribution in [0.4, 0.5) is 0 Å². The van der Waals surface area contributed by atoms with Gasteiger partial charge in [-0.25, -0.2) is 0 Å². The average molecular weight is 329 g/mol. The fraction of sp³-hybridized carbons (Fsp3) is 0.400. The van der Waals surface area contributed by atoms with E-state index in [4.69, 9.17) is 0 Å². The SMILES string of the molecule is C=C(NC)S/C(=C\C)CN1CCC(=Cc2cccc(C)c2)CC1. The molecule has 0 amide bonds. The first-order valence-electron chi connectivity index (χ1n) is 8.29. The number of piperidine rings is 1. The minimum absolute atomic E-state index is 1.01. The van der Waals surface area contributed by atoms with Gasteiger partial charge in [-0.15, -0.1) is 0 Å². The van der Waals surface area contributed by atoms with Gasteiger partial charge in [0, 0.05) is 31.6 Å². The molecule has 1 saturated heterocycles. The number of likely N-dealkylation sites (tertiary alicyclic amines) is 1. The molecular formula is C20H28N2S. The van der Waals surface area contributed by atoms with Gasteiger partial charge in [-0.05, 0) is 32.3 Å². The van der Waals surface area contributed by atoms with Crippen molar-refractivity contribution in [2.24, 2.45) is 0 Å². The van der Waals surface area contributed by atoms with Crippen molar-refractivity contribution >= 4 is 17.8 Å². The second-order valence-electron chi connectivity index (χ2n) is 6.02. The number of nitrogens with one attached hydrogen (secondary N) is 1. The van der Waals surface area contributed by atoms with E-state index in [9.17, 15) is 0 Å². The fourth-order valence-corrected chi connectivity index (χ4v) is 3.53. The van der Waals surface area contributed by atoms with Gasteiger partial charge in [-0.2, -0.15) is 0 Å². The number of benzene rings is 1. The summed E-state index contributed by atoms with van der Waals surface area (Å²) in [5, 5.41) is 4.12. The number of nitrogens with zero attached hydrogens (tertiary/aromatic N) is 1. The molecule has 0 unspecified atom stereocenters. The number of rotatable bonds is 6. The smallest absolute Gasteiger partial charge is 0.0651 e. The zero-order chi connectivity index (χ0) is 16.7. The summed E-state index contributed by atoms with van der Waals surface area (Å²) in [5.41, 5.74) is 4.24. The summed E-state index contributed by atoms with van der Waals surface area (Å²) in [6.07, 6.45) is 6.91. The second kappa shape index (κ2) is 8.99. The van der Waals surface area contributed by atoms with Gasteiger partial charge in [0.2, 0.25) is 0 Å². The molecule has 124 valence electrons. The zero-order valence-electron chi connectivity index (χ0n) is 14.6. The summed E-state index contributed by atoms with van der Waals surface area (Å²) < 4.78 is 0. The molecule has 2 rings (SSSR count). The van der Waals surface area contributed by atoms with Gasteiger partial charge in [0.05, 0.1) is 5.03 Å². The molecule has 0 aromatic heterocycles. The molecule has 1 heterocycles. The van der Waals surface area contributed by atoms with Gasteiger partial charge in [0.15, 0.2) is 0 Å². The third-order valence-electron chi connectivity index (χ3n) is 4.15. The van der Waals surface area contributed by atoms with E-state index in [1.807, 2.05) is 7.05 Å². The van der Waals surface area contributed by atoms with Crippen LogP contribution in [0.25, 0.3) is 6.08 Å². The number of aryl methyl sites for hydroxylation is 1. The number of hydrogen-bond donors (Lipinski definition) is 1. The van der Waals surface area contributed by atoms with Crippen molar-refractivity contribution in [1.29, 1.82) is 0 Å². The lowest BCUT2D eigenvalue weighted by Crippen LogP contribution is -2.32. The molecule has 0 aliphatic carbocycles. The number of thioether (sulfide) groups is 1. The molecule has 0 bridgehead atoms. The topological polar surface area (TPSA) is 15.3 Å². The molecular weight excluding hydrogens is 300 g/mol. The van der Waals surface area contributed by atoms with Gasteiger partial charge in [-0.3, -0.25) is 4.90 Å². The maximum Gasteiger partial charge on any atom is 0.0651 e. The molecule has 1 N–H and O–H groups in total. The Morgan fingerprint density at radius 3 is 2.70 bits per heavy atom. The Bertz CT molecular complexity index is 591. The van der Waals surface area contributed by atoms with E-state index >= 15 is 0 Å². The monoisotopic (exact) mass is 328 g/mol. The van der Waals surface area contributed by atoms with Crippen LogP contribution in [0, 0.1) is 6.92 Å². The van der Waals surface area contributed by atoms with Crippen molar-refractivity contribution in [1.82, 2.24) is 10.2 Å². The summed E-state index contributed by atoms with van der Waals surface area (Å²) in [7, 11) is 1.92. The Morgan fingerprint density at radius 1 is 1.35 bits per heavy atom. The average Bonchev–Trinajstić information content (AvgIpc) is 2.55. The van der Waals surface area contributed by atoms with Gasteiger partial charge in [0.25, 0.3) is 0 Å². The quantitative estimate of drug-likeness (QED) is 0.807. The van der Waals surface area contributed by atoms with Crippen LogP contribution in [0.3, 0.4) is 0 Å². The lowest BCUT2D eigenvalue weighted by molar-refractivity contribution is 0.282. The lowest BCUT2D eigenvalue weighted by Gasteiger charge is -2.29. The molecule has 0 radical (unpaired) electrons. The second-order valence-corrected chi connectivity index (χ2v) is 7.24. The molecule has 23 heavy (non-hydrogen) atoms. The predicted molar refractivity (Wildman–Crippen MR) is 104 cm³/mol. The molecule has 1 fully saturated rings. The Kier molecular flexibility index (Phi) is 7.00. The van der Waals surface area contributed by atoms with Gasteiger partial charge >= 0.3 is 0 Å². The van der Waals surface area contributed by atoms with Crippen molar-refractivity contribution < 1.29 is 0 Å². The molecule has 0 spiro atoms. The highest BCUT2D eigenvalue weighted by atomic mass is 32.2. The number of allylic oxidation sites excluding steroid dienone is 1. The largest absolute Gasteiger partial charge is 0.383 e. The Balaban J connectivity index is 1.87. The zero-order valence-corrected chi connectivity index (χ0v) is 15.4. The third kappa shape index (κ3) is 5.92. The predicted octanol–water partition coefficient (Wildman–Crippen LogP) is 4.80. The highest BCUT2D eigenvalue weighted by molar-refractivity contribution is 8.06. The van der Waals surface area contributed by atoms with E-state index in [0.717, 1.165) is 24.7 Å². The molecule has 0 saturated carbocycles. The van der Waals surface area contributed by atoms with Crippen LogP contribution in [0.1, 0.15) is 30.9 Å². The third-order valence-corrected chi connectivity index (χ3v) is 5.22. The Hall–Kier alpha value is -1.45. The molecule has 3 heteroatoms. The van der Waals surface area contributed by atoms with Crippen molar-refractivity contribution in [2.75, 3.05) is 26.7 Å². The summed E-state index contributed by atoms with van der Waals surface area (Å²) in [4.78, 5) is 3.91. The van der Waals surface area contributed by atoms with E-state index in [0.29, 0.717) is 0 Å². The minimum Gasteiger partial charge on any atom is -0.383 e. The van der Waals surface area contributed by atoms with Crippen molar-refractivity contribution in [3.05, 3.63) is 63.6 Å². The minimum atomic E-state index is 1.01. The van der Waals surface area contributed by atoms with Gasteiger partial charge < -0.3 is 5.32 Å². The fourth-order valence-electron chi connectivity index (χ4n) is 2.75. The molecule has 1 aromatic carbocycles. The summed E-state index contributed by atoms with van der Waals surface area (Å²) >= 11 is 1.74. The van der Waals surface area contributed by atoms with Crippen LogP contribution in [0.15, 0.2) is 52.4 Å². The molecule has 1 aromatic rings. The van der Waals surface area contributed by atoms with Gasteiger partial charge in [0.1, 0.15) is 0 Å². The normalized spacial score (nSPS) is 16.3. The molecule has 0 atom stereocenters. The van der Waals surface area contributed by atoms with Crippen molar-refractivity contribution in [3.8, 4) is 0 Å². The van der Waals surface area contributed by atoms with Crippen LogP contribution in [-0.2, 0) is 0 Å². The standard InChI is InChI=1S/C20H28N2S/c1-5-20(23-17(3)21-4)15-22-11-9-18(10-12-22)14-19-8-6-7-16(2)13-19/h5-8,13-14,21H,3,9-12,15H2,1-2,4H3/b20-5-. The van der Waals surface area contributed by atoms with Crippen LogP contribution < -0.4 is 5.32 Å².